The normalized spacial score (nSPS) is 41.8. The highest BCUT2D eigenvalue weighted by Gasteiger charge is 2.56. The smallest absolute Gasteiger partial charge is 0.333 e. The van der Waals surface area contributed by atoms with Crippen LogP contribution in [0.3, 0.4) is 0 Å². The Morgan fingerprint density at radius 2 is 2.00 bits per heavy atom. The second-order valence-electron chi connectivity index (χ2n) is 8.99. The van der Waals surface area contributed by atoms with E-state index in [4.69, 9.17) is 4.74 Å². The van der Waals surface area contributed by atoms with Crippen LogP contribution < -0.4 is 0 Å². The van der Waals surface area contributed by atoms with Gasteiger partial charge < -0.3 is 20.1 Å². The molecule has 3 rings (SSSR count). The van der Waals surface area contributed by atoms with Crippen LogP contribution in [0.25, 0.3) is 0 Å². The third-order valence-corrected chi connectivity index (χ3v) is 6.88. The Morgan fingerprint density at radius 3 is 2.60 bits per heavy atom. The molecule has 1 aliphatic heterocycles. The van der Waals surface area contributed by atoms with E-state index in [2.05, 4.69) is 27.4 Å². The number of aliphatic hydroxyl groups excluding tert-OH is 3. The van der Waals surface area contributed by atoms with Crippen molar-refractivity contribution in [1.82, 2.24) is 0 Å². The minimum absolute atomic E-state index is 0.0271. The molecule has 6 unspecified atom stereocenters. The molecule has 1 heterocycles. The predicted octanol–water partition coefficient (Wildman–Crippen LogP) is 2.31. The number of aliphatic hydroxyl groups is 3. The molecule has 25 heavy (non-hydrogen) atoms. The van der Waals surface area contributed by atoms with Gasteiger partial charge in [0.05, 0.1) is 12.2 Å². The van der Waals surface area contributed by atoms with Crippen molar-refractivity contribution in [2.24, 2.45) is 22.7 Å². The van der Waals surface area contributed by atoms with Crippen molar-refractivity contribution in [3.8, 4) is 0 Å². The molecule has 0 radical (unpaired) electrons. The molecule has 0 aromatic carbocycles. The van der Waals surface area contributed by atoms with Gasteiger partial charge in [0.25, 0.3) is 0 Å². The van der Waals surface area contributed by atoms with E-state index < -0.39 is 24.5 Å². The summed E-state index contributed by atoms with van der Waals surface area (Å²) < 4.78 is 4.69. The second kappa shape index (κ2) is 6.22. The zero-order chi connectivity index (χ0) is 18.6. The van der Waals surface area contributed by atoms with Gasteiger partial charge in [-0.3, -0.25) is 0 Å². The third kappa shape index (κ3) is 3.07. The quantitative estimate of drug-likeness (QED) is 0.537. The van der Waals surface area contributed by atoms with Gasteiger partial charge in [0.1, 0.15) is 0 Å². The number of carbonyl (C=O) groups is 1. The Kier molecular flexibility index (Phi) is 4.63. The monoisotopic (exact) mass is 350 g/mol. The summed E-state index contributed by atoms with van der Waals surface area (Å²) >= 11 is 0. The third-order valence-electron chi connectivity index (χ3n) is 6.88. The molecule has 0 amide bonds. The van der Waals surface area contributed by atoms with E-state index in [1.165, 1.54) is 6.08 Å². The number of cyclic esters (lactones) is 1. The van der Waals surface area contributed by atoms with Crippen LogP contribution in [0.2, 0.25) is 0 Å². The Balaban J connectivity index is 1.88. The van der Waals surface area contributed by atoms with Gasteiger partial charge in [-0.15, -0.1) is 0 Å². The van der Waals surface area contributed by atoms with Crippen LogP contribution in [-0.4, -0.2) is 39.8 Å². The fourth-order valence-electron chi connectivity index (χ4n) is 5.95. The average molecular weight is 350 g/mol. The second-order valence-corrected chi connectivity index (χ2v) is 8.99. The van der Waals surface area contributed by atoms with E-state index >= 15 is 0 Å². The summed E-state index contributed by atoms with van der Waals surface area (Å²) in [5.74, 6) is -0.460. The lowest BCUT2D eigenvalue weighted by molar-refractivity contribution is -0.152. The molecule has 0 aromatic rings. The SMILES string of the molecule is C=C1CC(O)C2C(C)(C)CCCC2(C)C1CC(O)C1=CC(=O)OC1O. The molecular weight excluding hydrogens is 320 g/mol. The zero-order valence-corrected chi connectivity index (χ0v) is 15.4. The highest BCUT2D eigenvalue weighted by Crippen LogP contribution is 2.61. The van der Waals surface area contributed by atoms with Crippen molar-refractivity contribution in [2.75, 3.05) is 0 Å². The number of esters is 1. The summed E-state index contributed by atoms with van der Waals surface area (Å²) in [7, 11) is 0. The molecule has 3 N–H and O–H groups in total. The maximum Gasteiger partial charge on any atom is 0.333 e. The fraction of sp³-hybridized carbons (Fsp3) is 0.750. The lowest BCUT2D eigenvalue weighted by Gasteiger charge is -2.59. The van der Waals surface area contributed by atoms with Gasteiger partial charge >= 0.3 is 5.97 Å². The molecule has 2 aliphatic carbocycles. The Morgan fingerprint density at radius 1 is 1.32 bits per heavy atom. The highest BCUT2D eigenvalue weighted by atomic mass is 16.6. The van der Waals surface area contributed by atoms with Gasteiger partial charge in [0, 0.05) is 11.6 Å². The van der Waals surface area contributed by atoms with Gasteiger partial charge in [-0.25, -0.2) is 4.79 Å². The van der Waals surface area contributed by atoms with Crippen molar-refractivity contribution < 1.29 is 24.9 Å². The minimum atomic E-state index is -1.36. The largest absolute Gasteiger partial charge is 0.429 e. The van der Waals surface area contributed by atoms with Crippen molar-refractivity contribution >= 4 is 5.97 Å². The summed E-state index contributed by atoms with van der Waals surface area (Å²) in [6.45, 7) is 10.8. The van der Waals surface area contributed by atoms with Crippen LogP contribution in [-0.2, 0) is 9.53 Å². The molecule has 5 heteroatoms. The molecule has 2 fully saturated rings. The predicted molar refractivity (Wildman–Crippen MR) is 93.3 cm³/mol. The molecule has 0 spiro atoms. The number of rotatable bonds is 3. The van der Waals surface area contributed by atoms with E-state index in [9.17, 15) is 20.1 Å². The molecule has 5 nitrogen and oxygen atoms in total. The lowest BCUT2D eigenvalue weighted by atomic mass is 9.46. The van der Waals surface area contributed by atoms with E-state index in [1.807, 2.05) is 0 Å². The van der Waals surface area contributed by atoms with Gasteiger partial charge in [-0.2, -0.15) is 0 Å². The van der Waals surface area contributed by atoms with Crippen LogP contribution in [0.15, 0.2) is 23.8 Å². The number of hydrogen-bond donors (Lipinski definition) is 3. The molecule has 0 aromatic heterocycles. The highest BCUT2D eigenvalue weighted by molar-refractivity contribution is 5.85. The Hall–Kier alpha value is -1.17. The maximum absolute atomic E-state index is 11.3. The minimum Gasteiger partial charge on any atom is -0.429 e. The molecular formula is C20H30O5. The van der Waals surface area contributed by atoms with Crippen molar-refractivity contribution in [2.45, 2.75) is 71.4 Å². The van der Waals surface area contributed by atoms with Crippen LogP contribution >= 0.6 is 0 Å². The van der Waals surface area contributed by atoms with Crippen LogP contribution in [0, 0.1) is 22.7 Å². The van der Waals surface area contributed by atoms with Crippen molar-refractivity contribution in [3.05, 3.63) is 23.8 Å². The van der Waals surface area contributed by atoms with Crippen molar-refractivity contribution in [3.63, 3.8) is 0 Å². The number of ether oxygens (including phenoxy) is 1. The van der Waals surface area contributed by atoms with Crippen LogP contribution in [0.1, 0.15) is 52.9 Å². The fourth-order valence-corrected chi connectivity index (χ4v) is 5.95. The number of fused-ring (bicyclic) bond motifs is 1. The van der Waals surface area contributed by atoms with Crippen molar-refractivity contribution in [1.29, 1.82) is 0 Å². The molecule has 0 bridgehead atoms. The summed E-state index contributed by atoms with van der Waals surface area (Å²) in [5, 5.41) is 31.2. The van der Waals surface area contributed by atoms with Crippen LogP contribution in [0.5, 0.6) is 0 Å². The van der Waals surface area contributed by atoms with Gasteiger partial charge in [-0.05, 0) is 48.3 Å². The summed E-state index contributed by atoms with van der Waals surface area (Å²) in [4.78, 5) is 11.3. The van der Waals surface area contributed by atoms with Gasteiger partial charge in [0.2, 0.25) is 6.29 Å². The Labute approximate surface area is 149 Å². The first-order chi connectivity index (χ1) is 11.6. The van der Waals surface area contributed by atoms with E-state index in [1.54, 1.807) is 0 Å². The molecule has 140 valence electrons. The molecule has 3 aliphatic rings. The van der Waals surface area contributed by atoms with Crippen LogP contribution in [0.4, 0.5) is 0 Å². The lowest BCUT2D eigenvalue weighted by Crippen LogP contribution is -2.56. The topological polar surface area (TPSA) is 87.0 Å². The first-order valence-electron chi connectivity index (χ1n) is 9.20. The first-order valence-corrected chi connectivity index (χ1v) is 9.20. The maximum atomic E-state index is 11.3. The average Bonchev–Trinajstić information content (AvgIpc) is 2.80. The molecule has 2 saturated carbocycles. The standard InChI is InChI=1S/C20H30O5/c1-11-8-15(22)17-19(2,3)6-5-7-20(17,4)13(11)10-14(21)12-9-16(23)25-18(12)24/h9,13-15,17-18,21-22,24H,1,5-8,10H2,2-4H3. The van der Waals surface area contributed by atoms with Gasteiger partial charge in [-0.1, -0.05) is 39.3 Å². The Bertz CT molecular complexity index is 607. The summed E-state index contributed by atoms with van der Waals surface area (Å²) in [6, 6.07) is 0. The number of hydrogen-bond acceptors (Lipinski definition) is 5. The molecule has 6 atom stereocenters. The van der Waals surface area contributed by atoms with E-state index in [-0.39, 0.29) is 28.2 Å². The van der Waals surface area contributed by atoms with E-state index in [0.717, 1.165) is 24.8 Å². The number of carbonyl (C=O) groups excluding carboxylic acids is 1. The molecule has 0 saturated heterocycles. The first kappa shape index (κ1) is 18.6. The summed E-state index contributed by atoms with van der Waals surface area (Å²) in [6.07, 6.45) is 2.51. The van der Waals surface area contributed by atoms with Gasteiger partial charge in [0.15, 0.2) is 0 Å². The summed E-state index contributed by atoms with van der Waals surface area (Å²) in [5.41, 5.74) is 1.04. The zero-order valence-electron chi connectivity index (χ0n) is 15.4. The van der Waals surface area contributed by atoms with E-state index in [0.29, 0.717) is 12.8 Å².